The fourth-order valence-corrected chi connectivity index (χ4v) is 2.24. The molecular weight excluding hydrogens is 232 g/mol. The van der Waals surface area contributed by atoms with Crippen molar-refractivity contribution >= 4 is 11.7 Å². The van der Waals surface area contributed by atoms with Gasteiger partial charge in [-0.3, -0.25) is 4.79 Å². The van der Waals surface area contributed by atoms with Crippen LogP contribution >= 0.6 is 0 Å². The van der Waals surface area contributed by atoms with Gasteiger partial charge in [0.15, 0.2) is 0 Å². The molecule has 98 valence electrons. The highest BCUT2D eigenvalue weighted by atomic mass is 16.3. The normalized spacial score (nSPS) is 19.7. The summed E-state index contributed by atoms with van der Waals surface area (Å²) in [5.74, 6) is 5.58. The molecular formula is C12H18N4O2. The number of hydrogen-bond acceptors (Lipinski definition) is 5. The van der Waals surface area contributed by atoms with Gasteiger partial charge in [-0.15, -0.1) is 0 Å². The Hall–Kier alpha value is -1.66. The lowest BCUT2D eigenvalue weighted by atomic mass is 10.0. The summed E-state index contributed by atoms with van der Waals surface area (Å²) < 4.78 is 0. The number of pyridine rings is 1. The summed E-state index contributed by atoms with van der Waals surface area (Å²) in [6.07, 6.45) is 2.86. The Morgan fingerprint density at radius 2 is 2.39 bits per heavy atom. The van der Waals surface area contributed by atoms with Crippen molar-refractivity contribution in [3.05, 3.63) is 23.9 Å². The van der Waals surface area contributed by atoms with Crippen molar-refractivity contribution in [3.8, 4) is 0 Å². The molecule has 1 aliphatic rings. The molecule has 1 saturated heterocycles. The average Bonchev–Trinajstić information content (AvgIpc) is 2.46. The van der Waals surface area contributed by atoms with E-state index in [9.17, 15) is 9.90 Å². The maximum Gasteiger partial charge on any atom is 0.272 e. The predicted octanol–water partition coefficient (Wildman–Crippen LogP) is 0.354. The number of aromatic nitrogens is 1. The molecule has 6 heteroatoms. The van der Waals surface area contributed by atoms with Crippen molar-refractivity contribution in [2.45, 2.75) is 25.3 Å². The fraction of sp³-hybridized carbons (Fsp3) is 0.500. The second-order valence-corrected chi connectivity index (χ2v) is 4.38. The van der Waals surface area contributed by atoms with Crippen LogP contribution in [0.2, 0.25) is 0 Å². The number of rotatable bonds is 3. The molecule has 1 aliphatic heterocycles. The van der Waals surface area contributed by atoms with Gasteiger partial charge in [0.1, 0.15) is 11.5 Å². The number of aliphatic hydroxyl groups is 1. The Balaban J connectivity index is 2.18. The van der Waals surface area contributed by atoms with Crippen molar-refractivity contribution in [1.29, 1.82) is 0 Å². The average molecular weight is 250 g/mol. The van der Waals surface area contributed by atoms with E-state index >= 15 is 0 Å². The molecule has 4 N–H and O–H groups in total. The molecule has 1 fully saturated rings. The molecule has 1 aromatic rings. The second kappa shape index (κ2) is 5.79. The third-order valence-electron chi connectivity index (χ3n) is 3.21. The third kappa shape index (κ3) is 2.60. The van der Waals surface area contributed by atoms with Gasteiger partial charge >= 0.3 is 0 Å². The van der Waals surface area contributed by atoms with E-state index in [1.807, 2.05) is 0 Å². The number of amides is 1. The first kappa shape index (κ1) is 12.8. The molecule has 1 aromatic heterocycles. The van der Waals surface area contributed by atoms with Gasteiger partial charge in [-0.05, 0) is 31.4 Å². The fourth-order valence-electron chi connectivity index (χ4n) is 2.24. The molecule has 0 spiro atoms. The van der Waals surface area contributed by atoms with Crippen LogP contribution in [0.4, 0.5) is 5.82 Å². The largest absolute Gasteiger partial charge is 0.394 e. The van der Waals surface area contributed by atoms with E-state index in [1.54, 1.807) is 23.1 Å². The summed E-state index contributed by atoms with van der Waals surface area (Å²) in [7, 11) is 0. The van der Waals surface area contributed by atoms with Crippen LogP contribution in [0.15, 0.2) is 18.2 Å². The number of nitrogens with two attached hydrogens (primary N) is 1. The summed E-state index contributed by atoms with van der Waals surface area (Å²) in [6, 6.07) is 4.98. The topological polar surface area (TPSA) is 91.5 Å². The van der Waals surface area contributed by atoms with Gasteiger partial charge in [-0.25, -0.2) is 10.8 Å². The lowest BCUT2D eigenvalue weighted by Crippen LogP contribution is -2.45. The zero-order chi connectivity index (χ0) is 13.0. The second-order valence-electron chi connectivity index (χ2n) is 4.38. The Kier molecular flexibility index (Phi) is 4.11. The summed E-state index contributed by atoms with van der Waals surface area (Å²) in [5, 5.41) is 9.31. The molecule has 1 unspecified atom stereocenters. The lowest BCUT2D eigenvalue weighted by Gasteiger charge is -2.34. The highest BCUT2D eigenvalue weighted by molar-refractivity contribution is 5.93. The van der Waals surface area contributed by atoms with Crippen molar-refractivity contribution in [2.75, 3.05) is 18.6 Å². The van der Waals surface area contributed by atoms with Crippen LogP contribution in [0.25, 0.3) is 0 Å². The number of carbonyl (C=O) groups excluding carboxylic acids is 1. The van der Waals surface area contributed by atoms with E-state index in [1.165, 1.54) is 0 Å². The van der Waals surface area contributed by atoms with Crippen LogP contribution in [0.1, 0.15) is 29.8 Å². The number of anilines is 1. The Bertz CT molecular complexity index is 424. The number of carbonyl (C=O) groups is 1. The molecule has 2 heterocycles. The molecule has 0 aromatic carbocycles. The number of aliphatic hydroxyl groups excluding tert-OH is 1. The van der Waals surface area contributed by atoms with E-state index in [0.717, 1.165) is 19.3 Å². The first-order valence-corrected chi connectivity index (χ1v) is 6.11. The minimum atomic E-state index is -0.147. The van der Waals surface area contributed by atoms with Crippen molar-refractivity contribution < 1.29 is 9.90 Å². The number of hydrogen-bond donors (Lipinski definition) is 3. The molecule has 0 aliphatic carbocycles. The van der Waals surface area contributed by atoms with Gasteiger partial charge in [0.2, 0.25) is 0 Å². The number of nitrogens with one attached hydrogen (secondary N) is 1. The van der Waals surface area contributed by atoms with Crippen LogP contribution in [-0.2, 0) is 0 Å². The molecule has 2 rings (SSSR count). The van der Waals surface area contributed by atoms with Crippen LogP contribution in [0.5, 0.6) is 0 Å². The quantitative estimate of drug-likeness (QED) is 0.532. The van der Waals surface area contributed by atoms with E-state index < -0.39 is 0 Å². The van der Waals surface area contributed by atoms with Crippen LogP contribution in [0, 0.1) is 0 Å². The summed E-state index contributed by atoms with van der Waals surface area (Å²) in [5.41, 5.74) is 2.77. The molecule has 1 amide bonds. The van der Waals surface area contributed by atoms with Gasteiger partial charge in [0.05, 0.1) is 12.6 Å². The minimum Gasteiger partial charge on any atom is -0.394 e. The van der Waals surface area contributed by atoms with Crippen LogP contribution < -0.4 is 11.3 Å². The first-order valence-electron chi connectivity index (χ1n) is 6.11. The maximum atomic E-state index is 12.3. The van der Waals surface area contributed by atoms with E-state index in [0.29, 0.717) is 18.1 Å². The van der Waals surface area contributed by atoms with E-state index in [-0.39, 0.29) is 18.6 Å². The van der Waals surface area contributed by atoms with Gasteiger partial charge < -0.3 is 15.4 Å². The summed E-state index contributed by atoms with van der Waals surface area (Å²) >= 11 is 0. The Morgan fingerprint density at radius 1 is 1.56 bits per heavy atom. The third-order valence-corrected chi connectivity index (χ3v) is 3.21. The molecule has 18 heavy (non-hydrogen) atoms. The molecule has 0 bridgehead atoms. The zero-order valence-corrected chi connectivity index (χ0v) is 10.2. The first-order chi connectivity index (χ1) is 8.76. The summed E-state index contributed by atoms with van der Waals surface area (Å²) in [4.78, 5) is 18.1. The van der Waals surface area contributed by atoms with Gasteiger partial charge in [0, 0.05) is 6.54 Å². The Labute approximate surface area is 106 Å². The van der Waals surface area contributed by atoms with Crippen molar-refractivity contribution in [3.63, 3.8) is 0 Å². The van der Waals surface area contributed by atoms with Gasteiger partial charge in [-0.1, -0.05) is 6.07 Å². The summed E-state index contributed by atoms with van der Waals surface area (Å²) in [6.45, 7) is 0.673. The predicted molar refractivity (Wildman–Crippen MR) is 67.8 cm³/mol. The van der Waals surface area contributed by atoms with E-state index in [4.69, 9.17) is 5.84 Å². The van der Waals surface area contributed by atoms with Crippen LogP contribution in [0.3, 0.4) is 0 Å². The van der Waals surface area contributed by atoms with Crippen molar-refractivity contribution in [1.82, 2.24) is 9.88 Å². The molecule has 6 nitrogen and oxygen atoms in total. The standard InChI is InChI=1S/C12H18N4O2/c13-15-11-6-3-5-10(14-11)12(18)16-7-2-1-4-9(16)8-17/h3,5-6,9,17H,1-2,4,7-8,13H2,(H,14,15). The smallest absolute Gasteiger partial charge is 0.272 e. The highest BCUT2D eigenvalue weighted by Crippen LogP contribution is 2.19. The number of likely N-dealkylation sites (tertiary alicyclic amines) is 1. The number of piperidine rings is 1. The number of hydrazine groups is 1. The molecule has 0 saturated carbocycles. The number of nitrogens with zero attached hydrogens (tertiary/aromatic N) is 2. The van der Waals surface area contributed by atoms with Gasteiger partial charge in [-0.2, -0.15) is 0 Å². The number of nitrogen functional groups attached to an aromatic ring is 1. The van der Waals surface area contributed by atoms with Crippen LogP contribution in [-0.4, -0.2) is 40.1 Å². The Morgan fingerprint density at radius 3 is 3.11 bits per heavy atom. The maximum absolute atomic E-state index is 12.3. The SMILES string of the molecule is NNc1cccc(C(=O)N2CCCCC2CO)n1. The zero-order valence-electron chi connectivity index (χ0n) is 10.2. The highest BCUT2D eigenvalue weighted by Gasteiger charge is 2.27. The molecule has 1 atom stereocenters. The van der Waals surface area contributed by atoms with Gasteiger partial charge in [0.25, 0.3) is 5.91 Å². The van der Waals surface area contributed by atoms with Crippen molar-refractivity contribution in [2.24, 2.45) is 5.84 Å². The minimum absolute atomic E-state index is 0.000565. The lowest BCUT2D eigenvalue weighted by molar-refractivity contribution is 0.0497. The molecule has 0 radical (unpaired) electrons. The monoisotopic (exact) mass is 250 g/mol. The van der Waals surface area contributed by atoms with E-state index in [2.05, 4.69) is 10.4 Å².